The second kappa shape index (κ2) is 8.48. The zero-order valence-corrected chi connectivity index (χ0v) is 17.5. The van der Waals surface area contributed by atoms with Gasteiger partial charge in [0.2, 0.25) is 5.91 Å². The number of nitrogens with one attached hydrogen (secondary N) is 2. The molecule has 0 saturated carbocycles. The van der Waals surface area contributed by atoms with Gasteiger partial charge in [0.25, 0.3) is 5.56 Å². The number of nitrogens with zero attached hydrogens (tertiary/aromatic N) is 2. The Kier molecular flexibility index (Phi) is 6.03. The smallest absolute Gasteiger partial charge is 0.321 e. The molecule has 0 saturated heterocycles. The van der Waals surface area contributed by atoms with Crippen molar-refractivity contribution in [3.8, 4) is 5.69 Å². The Hall–Kier alpha value is -3.13. The summed E-state index contributed by atoms with van der Waals surface area (Å²) < 4.78 is 1.52. The molecule has 0 bridgehead atoms. The maximum Gasteiger partial charge on any atom is 0.321 e. The first-order valence-electron chi connectivity index (χ1n) is 9.10. The van der Waals surface area contributed by atoms with E-state index in [0.29, 0.717) is 21.7 Å². The summed E-state index contributed by atoms with van der Waals surface area (Å²) in [7, 11) is 1.43. The van der Waals surface area contributed by atoms with Gasteiger partial charge in [-0.3, -0.25) is 19.5 Å². The average molecular weight is 410 g/mol. The van der Waals surface area contributed by atoms with Gasteiger partial charge < -0.3 is 5.32 Å². The first-order valence-corrected chi connectivity index (χ1v) is 9.98. The van der Waals surface area contributed by atoms with E-state index in [1.165, 1.54) is 11.6 Å². The summed E-state index contributed by atoms with van der Waals surface area (Å²) in [6, 6.07) is 12.3. The van der Waals surface area contributed by atoms with Crippen molar-refractivity contribution in [1.29, 1.82) is 0 Å². The minimum absolute atomic E-state index is 0.208. The minimum atomic E-state index is -0.641. The standard InChI is InChI=1S/C21H22N4O3S/c1-12-9-10-15(11-13(12)2)25-19(27)16-7-5-6-8-17(16)23-21(25)29-14(3)18(26)24-20(28)22-4/h5-11,14H,1-4H3,(H2,22,24,26,28)/t14-/m1/s1. The molecule has 2 aromatic carbocycles. The van der Waals surface area contributed by atoms with Crippen LogP contribution in [-0.2, 0) is 4.79 Å². The number of aryl methyl sites for hydroxylation is 2. The molecular weight excluding hydrogens is 388 g/mol. The van der Waals surface area contributed by atoms with Crippen molar-refractivity contribution >= 4 is 34.6 Å². The minimum Gasteiger partial charge on any atom is -0.341 e. The predicted octanol–water partition coefficient (Wildman–Crippen LogP) is 2.94. The van der Waals surface area contributed by atoms with Crippen LogP contribution in [0.15, 0.2) is 52.4 Å². The topological polar surface area (TPSA) is 93.1 Å². The molecule has 0 aliphatic heterocycles. The van der Waals surface area contributed by atoms with Crippen LogP contribution < -0.4 is 16.2 Å². The van der Waals surface area contributed by atoms with Crippen LogP contribution in [0.5, 0.6) is 0 Å². The van der Waals surface area contributed by atoms with Gasteiger partial charge in [0.05, 0.1) is 21.8 Å². The van der Waals surface area contributed by atoms with Gasteiger partial charge in [0.15, 0.2) is 5.16 Å². The average Bonchev–Trinajstić information content (AvgIpc) is 2.70. The lowest BCUT2D eigenvalue weighted by molar-refractivity contribution is -0.119. The first-order chi connectivity index (χ1) is 13.8. The largest absolute Gasteiger partial charge is 0.341 e. The van der Waals surface area contributed by atoms with Gasteiger partial charge in [0.1, 0.15) is 0 Å². The molecule has 3 rings (SSSR count). The van der Waals surface area contributed by atoms with Crippen LogP contribution in [0, 0.1) is 13.8 Å². The molecular formula is C21H22N4O3S. The van der Waals surface area contributed by atoms with E-state index >= 15 is 0 Å². The zero-order chi connectivity index (χ0) is 21.1. The molecule has 1 aromatic heterocycles. The van der Waals surface area contributed by atoms with Crippen LogP contribution in [-0.4, -0.2) is 33.8 Å². The van der Waals surface area contributed by atoms with E-state index in [-0.39, 0.29) is 5.56 Å². The Morgan fingerprint density at radius 1 is 1.10 bits per heavy atom. The van der Waals surface area contributed by atoms with E-state index in [1.807, 2.05) is 38.1 Å². The summed E-state index contributed by atoms with van der Waals surface area (Å²) in [5.74, 6) is -0.469. The van der Waals surface area contributed by atoms with Crippen molar-refractivity contribution in [3.05, 3.63) is 63.9 Å². The van der Waals surface area contributed by atoms with Crippen molar-refractivity contribution in [2.75, 3.05) is 7.05 Å². The van der Waals surface area contributed by atoms with Gasteiger partial charge in [-0.25, -0.2) is 9.78 Å². The Balaban J connectivity index is 2.12. The Bertz CT molecular complexity index is 1160. The Labute approximate surface area is 172 Å². The molecule has 150 valence electrons. The van der Waals surface area contributed by atoms with E-state index in [4.69, 9.17) is 0 Å². The lowest BCUT2D eigenvalue weighted by Crippen LogP contribution is -2.41. The number of para-hydroxylation sites is 1. The fraction of sp³-hybridized carbons (Fsp3) is 0.238. The highest BCUT2D eigenvalue weighted by Crippen LogP contribution is 2.26. The number of benzene rings is 2. The molecule has 0 radical (unpaired) electrons. The third-order valence-electron chi connectivity index (χ3n) is 4.61. The molecule has 3 amide bonds. The molecule has 3 aromatic rings. The normalized spacial score (nSPS) is 11.9. The van der Waals surface area contributed by atoms with Gasteiger partial charge in [0, 0.05) is 7.05 Å². The Morgan fingerprint density at radius 2 is 1.83 bits per heavy atom. The van der Waals surface area contributed by atoms with Crippen LogP contribution >= 0.6 is 11.8 Å². The van der Waals surface area contributed by atoms with Crippen LogP contribution in [0.2, 0.25) is 0 Å². The van der Waals surface area contributed by atoms with Crippen LogP contribution in [0.1, 0.15) is 18.1 Å². The third kappa shape index (κ3) is 4.32. The maximum absolute atomic E-state index is 13.3. The summed E-state index contributed by atoms with van der Waals surface area (Å²) in [6.07, 6.45) is 0. The highest BCUT2D eigenvalue weighted by molar-refractivity contribution is 8.00. The second-order valence-corrected chi connectivity index (χ2v) is 7.96. The fourth-order valence-corrected chi connectivity index (χ4v) is 3.70. The number of carbonyl (C=O) groups is 2. The highest BCUT2D eigenvalue weighted by Gasteiger charge is 2.21. The van der Waals surface area contributed by atoms with Crippen molar-refractivity contribution in [3.63, 3.8) is 0 Å². The lowest BCUT2D eigenvalue weighted by Gasteiger charge is -2.17. The SMILES string of the molecule is CNC(=O)NC(=O)[C@@H](C)Sc1nc2ccccc2c(=O)n1-c1ccc(C)c(C)c1. The van der Waals surface area contributed by atoms with Crippen molar-refractivity contribution in [1.82, 2.24) is 20.2 Å². The molecule has 0 aliphatic carbocycles. The van der Waals surface area contributed by atoms with Gasteiger partial charge in [-0.15, -0.1) is 0 Å². The van der Waals surface area contributed by atoms with E-state index < -0.39 is 17.2 Å². The number of fused-ring (bicyclic) bond motifs is 1. The number of amides is 3. The lowest BCUT2D eigenvalue weighted by atomic mass is 10.1. The summed E-state index contributed by atoms with van der Waals surface area (Å²) in [5, 5.41) is 4.84. The third-order valence-corrected chi connectivity index (χ3v) is 5.66. The quantitative estimate of drug-likeness (QED) is 0.510. The highest BCUT2D eigenvalue weighted by atomic mass is 32.2. The number of urea groups is 1. The van der Waals surface area contributed by atoms with Crippen molar-refractivity contribution in [2.45, 2.75) is 31.2 Å². The van der Waals surface area contributed by atoms with E-state index in [2.05, 4.69) is 15.6 Å². The number of imide groups is 1. The van der Waals surface area contributed by atoms with Gasteiger partial charge in [-0.1, -0.05) is 30.0 Å². The van der Waals surface area contributed by atoms with Gasteiger partial charge in [-0.05, 0) is 56.2 Å². The maximum atomic E-state index is 13.3. The van der Waals surface area contributed by atoms with Gasteiger partial charge >= 0.3 is 6.03 Å². The number of carbonyl (C=O) groups excluding carboxylic acids is 2. The van der Waals surface area contributed by atoms with Crippen molar-refractivity contribution < 1.29 is 9.59 Å². The first kappa shape index (κ1) is 20.6. The molecule has 0 unspecified atom stereocenters. The molecule has 1 heterocycles. The molecule has 0 aliphatic rings. The van der Waals surface area contributed by atoms with Crippen LogP contribution in [0.3, 0.4) is 0 Å². The molecule has 0 fully saturated rings. The number of hydrogen-bond donors (Lipinski definition) is 2. The van der Waals surface area contributed by atoms with Gasteiger partial charge in [-0.2, -0.15) is 0 Å². The number of rotatable bonds is 4. The molecule has 7 nitrogen and oxygen atoms in total. The van der Waals surface area contributed by atoms with E-state index in [1.54, 1.807) is 25.1 Å². The summed E-state index contributed by atoms with van der Waals surface area (Å²) in [4.78, 5) is 41.6. The zero-order valence-electron chi connectivity index (χ0n) is 16.6. The second-order valence-electron chi connectivity index (χ2n) is 6.65. The summed E-state index contributed by atoms with van der Waals surface area (Å²) in [6.45, 7) is 5.64. The molecule has 0 spiro atoms. The van der Waals surface area contributed by atoms with Crippen LogP contribution in [0.4, 0.5) is 4.79 Å². The predicted molar refractivity (Wildman–Crippen MR) is 115 cm³/mol. The Morgan fingerprint density at radius 3 is 2.52 bits per heavy atom. The van der Waals surface area contributed by atoms with Crippen molar-refractivity contribution in [2.24, 2.45) is 0 Å². The number of hydrogen-bond acceptors (Lipinski definition) is 5. The number of thioether (sulfide) groups is 1. The van der Waals surface area contributed by atoms with E-state index in [0.717, 1.165) is 22.9 Å². The molecule has 1 atom stereocenters. The fourth-order valence-electron chi connectivity index (χ4n) is 2.77. The molecule has 2 N–H and O–H groups in total. The summed E-state index contributed by atoms with van der Waals surface area (Å²) >= 11 is 1.12. The summed E-state index contributed by atoms with van der Waals surface area (Å²) in [5.41, 5.74) is 3.18. The number of aromatic nitrogens is 2. The molecule has 8 heteroatoms. The van der Waals surface area contributed by atoms with Crippen LogP contribution in [0.25, 0.3) is 16.6 Å². The molecule has 29 heavy (non-hydrogen) atoms. The van der Waals surface area contributed by atoms with E-state index in [9.17, 15) is 14.4 Å². The monoisotopic (exact) mass is 410 g/mol.